The number of carbonyl (C=O) groups is 1. The molecule has 0 N–H and O–H groups in total. The Kier molecular flexibility index (Phi) is 4.21. The molecule has 3 heteroatoms. The van der Waals surface area contributed by atoms with Gasteiger partial charge < -0.3 is 4.74 Å². The standard InChI is InChI=1S/C15H15ClO2/c1-2-18-15(17)14(16)10-11-7-8-12-5-3-4-6-13(12)9-11/h3-9,14H,2,10H2,1H3. The predicted molar refractivity (Wildman–Crippen MR) is 73.9 cm³/mol. The first-order chi connectivity index (χ1) is 8.70. The third-order valence-corrected chi connectivity index (χ3v) is 3.10. The molecular weight excluding hydrogens is 248 g/mol. The number of hydrogen-bond acceptors (Lipinski definition) is 2. The highest BCUT2D eigenvalue weighted by atomic mass is 35.5. The topological polar surface area (TPSA) is 26.3 Å². The zero-order valence-corrected chi connectivity index (χ0v) is 11.0. The Hall–Kier alpha value is -1.54. The van der Waals surface area contributed by atoms with Crippen molar-refractivity contribution in [3.63, 3.8) is 0 Å². The second-order valence-corrected chi connectivity index (χ2v) is 4.63. The molecule has 0 heterocycles. The minimum atomic E-state index is -0.619. The minimum absolute atomic E-state index is 0.354. The summed E-state index contributed by atoms with van der Waals surface area (Å²) in [5.41, 5.74) is 1.04. The van der Waals surface area contributed by atoms with E-state index in [1.165, 1.54) is 5.39 Å². The summed E-state index contributed by atoms with van der Waals surface area (Å²) in [6, 6.07) is 14.2. The van der Waals surface area contributed by atoms with Crippen LogP contribution in [0.5, 0.6) is 0 Å². The maximum absolute atomic E-state index is 11.5. The summed E-state index contributed by atoms with van der Waals surface area (Å²) < 4.78 is 4.89. The van der Waals surface area contributed by atoms with Crippen LogP contribution in [0.2, 0.25) is 0 Å². The molecule has 0 saturated carbocycles. The lowest BCUT2D eigenvalue weighted by molar-refractivity contribution is -0.142. The number of ether oxygens (including phenoxy) is 1. The highest BCUT2D eigenvalue weighted by molar-refractivity contribution is 6.30. The number of esters is 1. The highest BCUT2D eigenvalue weighted by Gasteiger charge is 2.16. The fourth-order valence-electron chi connectivity index (χ4n) is 1.89. The van der Waals surface area contributed by atoms with E-state index < -0.39 is 5.38 Å². The number of benzene rings is 2. The molecule has 2 nitrogen and oxygen atoms in total. The SMILES string of the molecule is CCOC(=O)C(Cl)Cc1ccc2ccccc2c1. The summed E-state index contributed by atoms with van der Waals surface area (Å²) in [7, 11) is 0. The smallest absolute Gasteiger partial charge is 0.324 e. The zero-order chi connectivity index (χ0) is 13.0. The lowest BCUT2D eigenvalue weighted by Gasteiger charge is -2.09. The Morgan fingerprint density at radius 3 is 2.67 bits per heavy atom. The van der Waals surface area contributed by atoms with E-state index in [2.05, 4.69) is 12.1 Å². The van der Waals surface area contributed by atoms with Crippen molar-refractivity contribution in [2.45, 2.75) is 18.7 Å². The van der Waals surface area contributed by atoms with E-state index in [4.69, 9.17) is 16.3 Å². The number of alkyl halides is 1. The molecule has 0 aliphatic carbocycles. The van der Waals surface area contributed by atoms with Gasteiger partial charge in [0.05, 0.1) is 6.61 Å². The quantitative estimate of drug-likeness (QED) is 0.622. The summed E-state index contributed by atoms with van der Waals surface area (Å²) in [5.74, 6) is -0.354. The number of fused-ring (bicyclic) bond motifs is 1. The number of hydrogen-bond donors (Lipinski definition) is 0. The van der Waals surface area contributed by atoms with Gasteiger partial charge in [0.1, 0.15) is 5.38 Å². The van der Waals surface area contributed by atoms with Crippen LogP contribution < -0.4 is 0 Å². The van der Waals surface area contributed by atoms with Crippen LogP contribution in [0.1, 0.15) is 12.5 Å². The zero-order valence-electron chi connectivity index (χ0n) is 10.2. The molecule has 0 spiro atoms. The van der Waals surface area contributed by atoms with E-state index in [0.29, 0.717) is 13.0 Å². The normalized spacial score (nSPS) is 12.3. The molecule has 0 radical (unpaired) electrons. The van der Waals surface area contributed by atoms with Crippen molar-refractivity contribution >= 4 is 28.3 Å². The summed E-state index contributed by atoms with van der Waals surface area (Å²) in [6.07, 6.45) is 0.491. The first-order valence-corrected chi connectivity index (χ1v) is 6.42. The second kappa shape index (κ2) is 5.87. The molecule has 0 saturated heterocycles. The molecule has 0 aliphatic rings. The van der Waals surface area contributed by atoms with Gasteiger partial charge in [-0.2, -0.15) is 0 Å². The van der Waals surface area contributed by atoms with Gasteiger partial charge in [0, 0.05) is 0 Å². The number of halogens is 1. The third-order valence-electron chi connectivity index (χ3n) is 2.77. The molecule has 0 aliphatic heterocycles. The summed E-state index contributed by atoms with van der Waals surface area (Å²) in [5, 5.41) is 1.72. The molecule has 94 valence electrons. The van der Waals surface area contributed by atoms with Crippen LogP contribution in [-0.4, -0.2) is 18.0 Å². The van der Waals surface area contributed by atoms with Gasteiger partial charge in [-0.25, -0.2) is 0 Å². The Labute approximate surface area is 112 Å². The summed E-state index contributed by atoms with van der Waals surface area (Å²) >= 11 is 6.02. The molecule has 0 aromatic heterocycles. The molecule has 2 aromatic carbocycles. The maximum atomic E-state index is 11.5. The van der Waals surface area contributed by atoms with Gasteiger partial charge in [-0.05, 0) is 29.7 Å². The average molecular weight is 263 g/mol. The van der Waals surface area contributed by atoms with Crippen LogP contribution in [-0.2, 0) is 16.0 Å². The molecule has 0 fully saturated rings. The Morgan fingerprint density at radius 2 is 1.94 bits per heavy atom. The Balaban J connectivity index is 2.14. The molecule has 2 aromatic rings. The van der Waals surface area contributed by atoms with Crippen molar-refractivity contribution in [3.8, 4) is 0 Å². The fourth-order valence-corrected chi connectivity index (χ4v) is 2.13. The van der Waals surface area contributed by atoms with Gasteiger partial charge in [0.2, 0.25) is 0 Å². The Morgan fingerprint density at radius 1 is 1.22 bits per heavy atom. The van der Waals surface area contributed by atoms with Crippen LogP contribution >= 0.6 is 11.6 Å². The van der Waals surface area contributed by atoms with E-state index >= 15 is 0 Å². The second-order valence-electron chi connectivity index (χ2n) is 4.11. The van der Waals surface area contributed by atoms with Gasteiger partial charge in [-0.15, -0.1) is 11.6 Å². The average Bonchev–Trinajstić information content (AvgIpc) is 2.39. The minimum Gasteiger partial charge on any atom is -0.465 e. The molecule has 1 unspecified atom stereocenters. The molecule has 0 bridgehead atoms. The first kappa shape index (κ1) is 12.9. The van der Waals surface area contributed by atoms with Crippen LogP contribution in [0.25, 0.3) is 10.8 Å². The van der Waals surface area contributed by atoms with Crippen molar-refractivity contribution in [3.05, 3.63) is 48.0 Å². The molecular formula is C15H15ClO2. The monoisotopic (exact) mass is 262 g/mol. The van der Waals surface area contributed by atoms with E-state index in [9.17, 15) is 4.79 Å². The fraction of sp³-hybridized carbons (Fsp3) is 0.267. The lowest BCUT2D eigenvalue weighted by Crippen LogP contribution is -2.20. The highest BCUT2D eigenvalue weighted by Crippen LogP contribution is 2.18. The number of rotatable bonds is 4. The van der Waals surface area contributed by atoms with Crippen molar-refractivity contribution in [2.24, 2.45) is 0 Å². The largest absolute Gasteiger partial charge is 0.465 e. The third kappa shape index (κ3) is 3.02. The van der Waals surface area contributed by atoms with Crippen LogP contribution in [0, 0.1) is 0 Å². The van der Waals surface area contributed by atoms with Crippen molar-refractivity contribution < 1.29 is 9.53 Å². The van der Waals surface area contributed by atoms with E-state index in [1.54, 1.807) is 6.92 Å². The summed E-state index contributed by atoms with van der Waals surface area (Å²) in [4.78, 5) is 11.5. The van der Waals surface area contributed by atoms with E-state index in [-0.39, 0.29) is 5.97 Å². The van der Waals surface area contributed by atoms with Gasteiger partial charge in [0.25, 0.3) is 0 Å². The molecule has 2 rings (SSSR count). The van der Waals surface area contributed by atoms with E-state index in [1.807, 2.05) is 30.3 Å². The van der Waals surface area contributed by atoms with Crippen molar-refractivity contribution in [1.29, 1.82) is 0 Å². The van der Waals surface area contributed by atoms with E-state index in [0.717, 1.165) is 10.9 Å². The predicted octanol–water partition coefficient (Wildman–Crippen LogP) is 3.55. The Bertz CT molecular complexity index is 551. The van der Waals surface area contributed by atoms with Crippen LogP contribution in [0.4, 0.5) is 0 Å². The summed E-state index contributed by atoms with van der Waals surface area (Å²) in [6.45, 7) is 2.14. The maximum Gasteiger partial charge on any atom is 0.324 e. The van der Waals surface area contributed by atoms with Gasteiger partial charge >= 0.3 is 5.97 Å². The molecule has 1 atom stereocenters. The van der Waals surface area contributed by atoms with Crippen LogP contribution in [0.3, 0.4) is 0 Å². The van der Waals surface area contributed by atoms with Crippen LogP contribution in [0.15, 0.2) is 42.5 Å². The lowest BCUT2D eigenvalue weighted by atomic mass is 10.0. The van der Waals surface area contributed by atoms with Gasteiger partial charge in [-0.1, -0.05) is 42.5 Å². The van der Waals surface area contributed by atoms with Crippen molar-refractivity contribution in [1.82, 2.24) is 0 Å². The molecule has 18 heavy (non-hydrogen) atoms. The number of carbonyl (C=O) groups excluding carboxylic acids is 1. The first-order valence-electron chi connectivity index (χ1n) is 5.99. The molecule has 0 amide bonds. The van der Waals surface area contributed by atoms with Crippen molar-refractivity contribution in [2.75, 3.05) is 6.61 Å². The van der Waals surface area contributed by atoms with Gasteiger partial charge in [-0.3, -0.25) is 4.79 Å². The van der Waals surface area contributed by atoms with Gasteiger partial charge in [0.15, 0.2) is 0 Å².